The monoisotopic (exact) mass is 276 g/mol. The van der Waals surface area contributed by atoms with Gasteiger partial charge in [-0.1, -0.05) is 12.8 Å². The van der Waals surface area contributed by atoms with Gasteiger partial charge in [0.2, 0.25) is 11.8 Å². The molecule has 1 saturated heterocycles. The van der Waals surface area contributed by atoms with Crippen molar-refractivity contribution in [3.8, 4) is 0 Å². The number of aryl methyl sites for hydroxylation is 1. The van der Waals surface area contributed by atoms with Crippen molar-refractivity contribution < 1.29 is 9.59 Å². The number of nitrogens with one attached hydrogen (secondary N) is 1. The lowest BCUT2D eigenvalue weighted by atomic mass is 9.76. The van der Waals surface area contributed by atoms with Crippen LogP contribution in [0.2, 0.25) is 0 Å². The van der Waals surface area contributed by atoms with Crippen LogP contribution in [0.25, 0.3) is 0 Å². The van der Waals surface area contributed by atoms with Gasteiger partial charge in [0.15, 0.2) is 0 Å². The number of rotatable bonds is 4. The summed E-state index contributed by atoms with van der Waals surface area (Å²) in [6, 6.07) is 0. The molecule has 0 unspecified atom stereocenters. The molecule has 1 aliphatic carbocycles. The molecule has 1 aliphatic heterocycles. The van der Waals surface area contributed by atoms with Crippen LogP contribution in [-0.2, 0) is 16.0 Å². The number of amides is 2. The fraction of sp³-hybridized carbons (Fsp3) is 0.714. The summed E-state index contributed by atoms with van der Waals surface area (Å²) in [6.07, 6.45) is 8.42. The maximum absolute atomic E-state index is 12.2. The van der Waals surface area contributed by atoms with Gasteiger partial charge in [0, 0.05) is 25.8 Å². The van der Waals surface area contributed by atoms with E-state index in [0.717, 1.165) is 37.9 Å². The smallest absolute Gasteiger partial charge is 0.229 e. The Hall–Kier alpha value is -1.72. The molecule has 2 aliphatic rings. The van der Waals surface area contributed by atoms with Crippen LogP contribution in [0.4, 0.5) is 0 Å². The normalized spacial score (nSPS) is 21.9. The highest BCUT2D eigenvalue weighted by Gasteiger charge is 2.44. The number of piperidine rings is 1. The third-order valence-corrected chi connectivity index (χ3v) is 4.58. The van der Waals surface area contributed by atoms with E-state index in [-0.39, 0.29) is 17.2 Å². The summed E-state index contributed by atoms with van der Waals surface area (Å²) in [5.41, 5.74) is -0.00437. The second kappa shape index (κ2) is 5.34. The first-order valence-electron chi connectivity index (χ1n) is 7.36. The van der Waals surface area contributed by atoms with E-state index in [1.165, 1.54) is 11.2 Å². The van der Waals surface area contributed by atoms with Crippen LogP contribution in [-0.4, -0.2) is 38.4 Å². The van der Waals surface area contributed by atoms with Gasteiger partial charge in [0.25, 0.3) is 0 Å². The van der Waals surface area contributed by atoms with Gasteiger partial charge in [0.1, 0.15) is 12.2 Å². The molecule has 0 radical (unpaired) electrons. The second-order valence-corrected chi connectivity index (χ2v) is 6.04. The number of nitrogens with zero attached hydrogens (tertiary/aromatic N) is 3. The summed E-state index contributed by atoms with van der Waals surface area (Å²) in [5.74, 6) is 0.829. The van der Waals surface area contributed by atoms with Crippen LogP contribution in [0, 0.1) is 5.41 Å². The fourth-order valence-electron chi connectivity index (χ4n) is 3.52. The van der Waals surface area contributed by atoms with Gasteiger partial charge in [-0.25, -0.2) is 4.98 Å². The largest absolute Gasteiger partial charge is 0.283 e. The molecular weight excluding hydrogens is 256 g/mol. The zero-order valence-electron chi connectivity index (χ0n) is 11.6. The first-order valence-corrected chi connectivity index (χ1v) is 7.36. The molecule has 0 atom stereocenters. The van der Waals surface area contributed by atoms with Crippen LogP contribution in [0.15, 0.2) is 6.33 Å². The molecule has 6 heteroatoms. The molecule has 2 fully saturated rings. The molecule has 6 nitrogen and oxygen atoms in total. The van der Waals surface area contributed by atoms with E-state index in [9.17, 15) is 9.59 Å². The van der Waals surface area contributed by atoms with Crippen LogP contribution < -0.4 is 0 Å². The summed E-state index contributed by atoms with van der Waals surface area (Å²) >= 11 is 0. The molecular formula is C14H20N4O2. The van der Waals surface area contributed by atoms with E-state index in [1.54, 1.807) is 0 Å². The number of H-pyrrole nitrogens is 1. The van der Waals surface area contributed by atoms with Crippen molar-refractivity contribution in [3.05, 3.63) is 12.2 Å². The van der Waals surface area contributed by atoms with Crippen molar-refractivity contribution in [2.75, 3.05) is 6.54 Å². The highest BCUT2D eigenvalue weighted by molar-refractivity contribution is 5.98. The zero-order valence-corrected chi connectivity index (χ0v) is 11.6. The Morgan fingerprint density at radius 2 is 1.90 bits per heavy atom. The molecule has 3 rings (SSSR count). The van der Waals surface area contributed by atoms with E-state index in [0.29, 0.717) is 25.8 Å². The van der Waals surface area contributed by atoms with Gasteiger partial charge in [0.05, 0.1) is 0 Å². The third kappa shape index (κ3) is 2.59. The van der Waals surface area contributed by atoms with E-state index in [2.05, 4.69) is 15.2 Å². The summed E-state index contributed by atoms with van der Waals surface area (Å²) in [5, 5.41) is 6.57. The number of hydrogen-bond donors (Lipinski definition) is 1. The van der Waals surface area contributed by atoms with Crippen molar-refractivity contribution in [3.63, 3.8) is 0 Å². The molecule has 1 aromatic heterocycles. The standard InChI is InChI=1S/C14H20N4O2/c19-12-8-14(5-1-2-6-14)9-13(20)18(12)7-3-4-11-15-10-16-17-11/h10H,1-9H2,(H,15,16,17). The molecule has 0 bridgehead atoms. The molecule has 1 saturated carbocycles. The lowest BCUT2D eigenvalue weighted by molar-refractivity contribution is -0.153. The molecule has 1 N–H and O–H groups in total. The fourth-order valence-corrected chi connectivity index (χ4v) is 3.52. The first kappa shape index (κ1) is 13.3. The number of carbonyl (C=O) groups excluding carboxylic acids is 2. The number of aromatic amines is 1. The molecule has 2 heterocycles. The summed E-state index contributed by atoms with van der Waals surface area (Å²) in [6.45, 7) is 0.494. The van der Waals surface area contributed by atoms with E-state index in [1.807, 2.05) is 0 Å². The molecule has 1 spiro atoms. The molecule has 2 amide bonds. The van der Waals surface area contributed by atoms with Crippen LogP contribution >= 0.6 is 0 Å². The van der Waals surface area contributed by atoms with Gasteiger partial charge in [-0.15, -0.1) is 0 Å². The molecule has 0 aromatic carbocycles. The van der Waals surface area contributed by atoms with Gasteiger partial charge < -0.3 is 0 Å². The maximum atomic E-state index is 12.2. The number of likely N-dealkylation sites (tertiary alicyclic amines) is 1. The Labute approximate surface area is 117 Å². The highest BCUT2D eigenvalue weighted by atomic mass is 16.2. The van der Waals surface area contributed by atoms with Crippen LogP contribution in [0.3, 0.4) is 0 Å². The minimum Gasteiger partial charge on any atom is -0.283 e. The van der Waals surface area contributed by atoms with Gasteiger partial charge in [-0.2, -0.15) is 5.10 Å². The lowest BCUT2D eigenvalue weighted by Crippen LogP contribution is -2.47. The summed E-state index contributed by atoms with van der Waals surface area (Å²) in [4.78, 5) is 29.9. The number of hydrogen-bond acceptors (Lipinski definition) is 4. The van der Waals surface area contributed by atoms with Crippen LogP contribution in [0.5, 0.6) is 0 Å². The Morgan fingerprint density at radius 3 is 2.50 bits per heavy atom. The van der Waals surface area contributed by atoms with Crippen molar-refractivity contribution in [1.82, 2.24) is 20.1 Å². The number of aromatic nitrogens is 3. The predicted molar refractivity (Wildman–Crippen MR) is 71.6 cm³/mol. The first-order chi connectivity index (χ1) is 9.69. The SMILES string of the molecule is O=C1CC2(CCCC2)CC(=O)N1CCCc1ncn[nH]1. The summed E-state index contributed by atoms with van der Waals surface area (Å²) in [7, 11) is 0. The number of carbonyl (C=O) groups is 2. The lowest BCUT2D eigenvalue weighted by Gasteiger charge is -2.37. The van der Waals surface area contributed by atoms with E-state index in [4.69, 9.17) is 0 Å². The van der Waals surface area contributed by atoms with Crippen molar-refractivity contribution in [2.24, 2.45) is 5.41 Å². The van der Waals surface area contributed by atoms with Gasteiger partial charge in [-0.05, 0) is 24.7 Å². The Morgan fingerprint density at radius 1 is 1.20 bits per heavy atom. The highest BCUT2D eigenvalue weighted by Crippen LogP contribution is 2.46. The van der Waals surface area contributed by atoms with Crippen molar-refractivity contribution in [2.45, 2.75) is 51.4 Å². The van der Waals surface area contributed by atoms with E-state index >= 15 is 0 Å². The average molecular weight is 276 g/mol. The predicted octanol–water partition coefficient (Wildman–Crippen LogP) is 1.45. The van der Waals surface area contributed by atoms with Crippen LogP contribution in [0.1, 0.15) is 50.8 Å². The Kier molecular flexibility index (Phi) is 3.54. The minimum atomic E-state index is -0.00437. The van der Waals surface area contributed by atoms with Gasteiger partial charge >= 0.3 is 0 Å². The Balaban J connectivity index is 1.55. The zero-order chi connectivity index (χ0) is 14.0. The molecule has 20 heavy (non-hydrogen) atoms. The van der Waals surface area contributed by atoms with E-state index < -0.39 is 0 Å². The molecule has 108 valence electrons. The maximum Gasteiger partial charge on any atom is 0.229 e. The summed E-state index contributed by atoms with van der Waals surface area (Å²) < 4.78 is 0. The van der Waals surface area contributed by atoms with Crippen molar-refractivity contribution in [1.29, 1.82) is 0 Å². The average Bonchev–Trinajstić information content (AvgIpc) is 3.05. The topological polar surface area (TPSA) is 79.0 Å². The number of imide groups is 1. The molecule has 1 aromatic rings. The minimum absolute atomic E-state index is 0.00437. The quantitative estimate of drug-likeness (QED) is 0.844. The second-order valence-electron chi connectivity index (χ2n) is 6.04. The Bertz CT molecular complexity index is 471. The third-order valence-electron chi connectivity index (χ3n) is 4.58. The van der Waals surface area contributed by atoms with Crippen molar-refractivity contribution >= 4 is 11.8 Å². The van der Waals surface area contributed by atoms with Gasteiger partial charge in [-0.3, -0.25) is 19.6 Å².